The summed E-state index contributed by atoms with van der Waals surface area (Å²) in [5.41, 5.74) is 15.4. The molecule has 0 radical (unpaired) electrons. The van der Waals surface area contributed by atoms with Gasteiger partial charge in [0, 0.05) is 31.4 Å². The van der Waals surface area contributed by atoms with E-state index in [1.165, 1.54) is 17.2 Å². The summed E-state index contributed by atoms with van der Waals surface area (Å²) in [4.78, 5) is 15.5. The van der Waals surface area contributed by atoms with Crippen LogP contribution in [0.4, 0.5) is 14.9 Å². The molecule has 2 aliphatic heterocycles. The number of hydrogen-bond acceptors (Lipinski definition) is 6. The Kier molecular flexibility index (Phi) is 5.02. The maximum atomic E-state index is 14.9. The highest BCUT2D eigenvalue weighted by molar-refractivity contribution is 5.90. The van der Waals surface area contributed by atoms with Crippen LogP contribution < -0.4 is 21.7 Å². The van der Waals surface area contributed by atoms with Gasteiger partial charge in [-0.25, -0.2) is 9.18 Å². The Morgan fingerprint density at radius 3 is 2.79 bits per heavy atom. The van der Waals surface area contributed by atoms with Crippen LogP contribution >= 0.6 is 0 Å². The molecule has 0 spiro atoms. The lowest BCUT2D eigenvalue weighted by molar-refractivity contribution is 0.141. The molecule has 1 unspecified atom stereocenters. The van der Waals surface area contributed by atoms with Crippen molar-refractivity contribution in [3.05, 3.63) is 65.4 Å². The standard InChI is InChI=1S/C21H24FN5O2/c1-25-9-17-12-27(21(28)29-17)16-4-5-18(19(22)7-16)13-2-3-14-10-26(20(24)8-23)11-15(14)6-13/h2-8,17,25H,9-12,23-24H2,1H3/b20-8+. The topological polar surface area (TPSA) is 96.9 Å². The van der Waals surface area contributed by atoms with Gasteiger partial charge in [0.25, 0.3) is 0 Å². The summed E-state index contributed by atoms with van der Waals surface area (Å²) in [5.74, 6) is 0.135. The van der Waals surface area contributed by atoms with Crippen molar-refractivity contribution in [2.24, 2.45) is 11.5 Å². The summed E-state index contributed by atoms with van der Waals surface area (Å²) in [5, 5.41) is 2.98. The molecule has 1 amide bonds. The van der Waals surface area contributed by atoms with Crippen LogP contribution in [-0.4, -0.2) is 37.2 Å². The fourth-order valence-electron chi connectivity index (χ4n) is 3.82. The third kappa shape index (κ3) is 3.58. The summed E-state index contributed by atoms with van der Waals surface area (Å²) >= 11 is 0. The number of cyclic esters (lactones) is 1. The molecular weight excluding hydrogens is 373 g/mol. The molecule has 29 heavy (non-hydrogen) atoms. The third-order valence-electron chi connectivity index (χ3n) is 5.35. The Morgan fingerprint density at radius 1 is 1.28 bits per heavy atom. The molecule has 0 bridgehead atoms. The number of rotatable bonds is 5. The largest absolute Gasteiger partial charge is 0.443 e. The summed E-state index contributed by atoms with van der Waals surface area (Å²) in [6.07, 6.45) is 0.681. The molecule has 0 saturated carbocycles. The Labute approximate surface area is 168 Å². The quantitative estimate of drug-likeness (QED) is 0.715. The van der Waals surface area contributed by atoms with Crippen LogP contribution in [0, 0.1) is 5.82 Å². The van der Waals surface area contributed by atoms with Crippen molar-refractivity contribution < 1.29 is 13.9 Å². The van der Waals surface area contributed by atoms with Gasteiger partial charge in [0.05, 0.1) is 12.2 Å². The smallest absolute Gasteiger partial charge is 0.414 e. The van der Waals surface area contributed by atoms with E-state index >= 15 is 0 Å². The molecule has 2 aromatic rings. The summed E-state index contributed by atoms with van der Waals surface area (Å²) in [6.45, 7) is 2.26. The second-order valence-corrected chi connectivity index (χ2v) is 7.27. The van der Waals surface area contributed by atoms with Crippen molar-refractivity contribution in [1.29, 1.82) is 0 Å². The Bertz CT molecular complexity index is 978. The lowest BCUT2D eigenvalue weighted by Crippen LogP contribution is -2.29. The van der Waals surface area contributed by atoms with E-state index in [0.717, 1.165) is 16.7 Å². The van der Waals surface area contributed by atoms with Gasteiger partial charge in [0.1, 0.15) is 17.7 Å². The Balaban J connectivity index is 1.56. The van der Waals surface area contributed by atoms with E-state index in [4.69, 9.17) is 16.2 Å². The van der Waals surface area contributed by atoms with Crippen molar-refractivity contribution in [2.45, 2.75) is 19.2 Å². The highest BCUT2D eigenvalue weighted by atomic mass is 19.1. The number of halogens is 1. The van der Waals surface area contributed by atoms with E-state index in [0.29, 0.717) is 43.3 Å². The normalized spacial score (nSPS) is 18.9. The van der Waals surface area contributed by atoms with Crippen molar-refractivity contribution in [2.75, 3.05) is 25.0 Å². The minimum absolute atomic E-state index is 0.245. The Morgan fingerprint density at radius 2 is 2.07 bits per heavy atom. The van der Waals surface area contributed by atoms with E-state index in [1.807, 2.05) is 23.1 Å². The van der Waals surface area contributed by atoms with Crippen molar-refractivity contribution in [3.8, 4) is 11.1 Å². The second kappa shape index (κ2) is 7.63. The molecule has 2 aromatic carbocycles. The van der Waals surface area contributed by atoms with Gasteiger partial charge >= 0.3 is 6.09 Å². The molecule has 1 atom stereocenters. The highest BCUT2D eigenvalue weighted by Gasteiger charge is 2.32. The minimum atomic E-state index is -0.458. The number of hydrogen-bond donors (Lipinski definition) is 3. The van der Waals surface area contributed by atoms with Gasteiger partial charge in [-0.1, -0.05) is 12.1 Å². The first-order valence-electron chi connectivity index (χ1n) is 9.47. The van der Waals surface area contributed by atoms with E-state index < -0.39 is 6.09 Å². The second-order valence-electron chi connectivity index (χ2n) is 7.27. The predicted octanol–water partition coefficient (Wildman–Crippen LogP) is 2.07. The number of carbonyl (C=O) groups is 1. The first-order valence-corrected chi connectivity index (χ1v) is 9.47. The summed E-state index contributed by atoms with van der Waals surface area (Å²) in [7, 11) is 1.79. The predicted molar refractivity (Wildman–Crippen MR) is 109 cm³/mol. The first-order chi connectivity index (χ1) is 14.0. The van der Waals surface area contributed by atoms with Gasteiger partial charge in [0.15, 0.2) is 0 Å². The van der Waals surface area contributed by atoms with E-state index in [1.54, 1.807) is 19.2 Å². The fraction of sp³-hybridized carbons (Fsp3) is 0.286. The number of nitrogens with zero attached hydrogens (tertiary/aromatic N) is 2. The van der Waals surface area contributed by atoms with Crippen LogP contribution in [0.5, 0.6) is 0 Å². The monoisotopic (exact) mass is 397 g/mol. The average Bonchev–Trinajstić information content (AvgIpc) is 3.30. The number of amides is 1. The molecule has 2 aliphatic rings. The molecular formula is C21H24FN5O2. The third-order valence-corrected chi connectivity index (χ3v) is 5.35. The molecule has 5 N–H and O–H groups in total. The molecule has 0 aromatic heterocycles. The minimum Gasteiger partial charge on any atom is -0.443 e. The van der Waals surface area contributed by atoms with Crippen LogP contribution in [0.25, 0.3) is 11.1 Å². The van der Waals surface area contributed by atoms with E-state index in [2.05, 4.69) is 5.32 Å². The van der Waals surface area contributed by atoms with Crippen molar-refractivity contribution in [3.63, 3.8) is 0 Å². The lowest BCUT2D eigenvalue weighted by atomic mass is 10.00. The number of nitrogens with two attached hydrogens (primary N) is 2. The molecule has 152 valence electrons. The number of nitrogens with one attached hydrogen (secondary N) is 1. The number of likely N-dealkylation sites (N-methyl/N-ethyl adjacent to an activating group) is 1. The van der Waals surface area contributed by atoms with Gasteiger partial charge in [-0.15, -0.1) is 0 Å². The molecule has 1 saturated heterocycles. The first kappa shape index (κ1) is 19.1. The van der Waals surface area contributed by atoms with Crippen LogP contribution in [0.3, 0.4) is 0 Å². The SMILES string of the molecule is CNCC1CN(c2ccc(-c3ccc4c(c3)CN(/C(N)=C/N)C4)c(F)c2)C(=O)O1. The molecule has 0 aliphatic carbocycles. The lowest BCUT2D eigenvalue weighted by Gasteiger charge is -2.16. The van der Waals surface area contributed by atoms with Gasteiger partial charge in [-0.3, -0.25) is 4.90 Å². The summed E-state index contributed by atoms with van der Waals surface area (Å²) < 4.78 is 20.2. The number of carbonyl (C=O) groups excluding carboxylic acids is 1. The van der Waals surface area contributed by atoms with Crippen LogP contribution in [0.1, 0.15) is 11.1 Å². The Hall–Kier alpha value is -3.26. The van der Waals surface area contributed by atoms with Gasteiger partial charge in [0.2, 0.25) is 0 Å². The van der Waals surface area contributed by atoms with Crippen molar-refractivity contribution in [1.82, 2.24) is 10.2 Å². The zero-order chi connectivity index (χ0) is 20.5. The molecule has 4 rings (SSSR count). The molecule has 1 fully saturated rings. The maximum Gasteiger partial charge on any atom is 0.414 e. The van der Waals surface area contributed by atoms with Crippen molar-refractivity contribution >= 4 is 11.8 Å². The fourth-order valence-corrected chi connectivity index (χ4v) is 3.82. The van der Waals surface area contributed by atoms with Gasteiger partial charge in [-0.05, 0) is 48.0 Å². The summed E-state index contributed by atoms with van der Waals surface area (Å²) in [6, 6.07) is 10.7. The van der Waals surface area contributed by atoms with E-state index in [-0.39, 0.29) is 11.9 Å². The van der Waals surface area contributed by atoms with Crippen LogP contribution in [0.2, 0.25) is 0 Å². The molecule has 8 heteroatoms. The average molecular weight is 397 g/mol. The number of benzene rings is 2. The van der Waals surface area contributed by atoms with Gasteiger partial charge < -0.3 is 26.4 Å². The number of anilines is 1. The number of ether oxygens (including phenoxy) is 1. The van der Waals surface area contributed by atoms with E-state index in [9.17, 15) is 9.18 Å². The van der Waals surface area contributed by atoms with Gasteiger partial charge in [-0.2, -0.15) is 0 Å². The molecule has 7 nitrogen and oxygen atoms in total. The zero-order valence-corrected chi connectivity index (χ0v) is 16.2. The zero-order valence-electron chi connectivity index (χ0n) is 16.2. The number of fused-ring (bicyclic) bond motifs is 1. The maximum absolute atomic E-state index is 14.9. The van der Waals surface area contributed by atoms with Crippen LogP contribution in [-0.2, 0) is 17.8 Å². The molecule has 2 heterocycles. The highest BCUT2D eigenvalue weighted by Crippen LogP contribution is 2.33. The van der Waals surface area contributed by atoms with Crippen LogP contribution in [0.15, 0.2) is 48.4 Å².